The lowest BCUT2D eigenvalue weighted by Gasteiger charge is -2.31. The van der Waals surface area contributed by atoms with Crippen molar-refractivity contribution in [2.24, 2.45) is 5.92 Å². The summed E-state index contributed by atoms with van der Waals surface area (Å²) in [5, 5.41) is 53.0. The summed E-state index contributed by atoms with van der Waals surface area (Å²) in [6.45, 7) is 31.1. The molecule has 9 atom stereocenters. The number of nitrogens with zero attached hydrogens (tertiary/aromatic N) is 1. The van der Waals surface area contributed by atoms with E-state index in [2.05, 4.69) is 52.5 Å². The van der Waals surface area contributed by atoms with Gasteiger partial charge in [0, 0.05) is 13.0 Å². The molecule has 1 fully saturated rings. The van der Waals surface area contributed by atoms with Crippen molar-refractivity contribution in [2.75, 3.05) is 107 Å². The predicted octanol–water partition coefficient (Wildman–Crippen LogP) is 3.05. The van der Waals surface area contributed by atoms with Gasteiger partial charge >= 0.3 is 5.97 Å². The number of quaternary nitrogens is 3. The van der Waals surface area contributed by atoms with Crippen LogP contribution in [-0.4, -0.2) is 203 Å². The van der Waals surface area contributed by atoms with Gasteiger partial charge < -0.3 is 74.2 Å². The monoisotopic (exact) mass is 951 g/mol. The number of epoxide rings is 1. The first-order valence-corrected chi connectivity index (χ1v) is 24.9. The Balaban J connectivity index is -0.000000237. The summed E-state index contributed by atoms with van der Waals surface area (Å²) in [7, 11) is 8.83. The molecule has 9 unspecified atom stereocenters. The average Bonchev–Trinajstić information content (AvgIpc) is 4.03. The summed E-state index contributed by atoms with van der Waals surface area (Å²) >= 11 is 0. The molecule has 0 amide bonds. The minimum absolute atomic E-state index is 0.0880. The largest absolute Gasteiger partial charge is 0.463 e. The number of hydrogen-bond acceptors (Lipinski definition) is 13. The Hall–Kier alpha value is -1.09. The fraction of sp³-hybridized carbons (Fsp3) is 0.980. The molecule has 398 valence electrons. The summed E-state index contributed by atoms with van der Waals surface area (Å²) < 4.78 is 32.1. The van der Waals surface area contributed by atoms with Crippen molar-refractivity contribution in [1.82, 2.24) is 0 Å². The Labute approximate surface area is 399 Å². The lowest BCUT2D eigenvalue weighted by Crippen LogP contribution is -3.05. The molecular weight excluding hydrogens is 839 g/mol. The number of nitrogens with one attached hydrogen (secondary N) is 1. The molecule has 1 rings (SSSR count). The quantitative estimate of drug-likeness (QED) is 0.0210. The molecule has 1 aliphatic rings. The fourth-order valence-corrected chi connectivity index (χ4v) is 4.92. The number of unbranched alkanes of at least 4 members (excludes halogenated alkanes) is 3. The van der Waals surface area contributed by atoms with Crippen LogP contribution >= 0.6 is 0 Å². The Morgan fingerprint density at radius 3 is 1.68 bits per heavy atom. The number of hydrogen-bond donors (Lipinski definition) is 8. The topological polar surface area (TPSA) is 229 Å². The van der Waals surface area contributed by atoms with Crippen LogP contribution in [0.4, 0.5) is 0 Å². The van der Waals surface area contributed by atoms with Crippen molar-refractivity contribution >= 4 is 5.97 Å². The molecule has 0 spiro atoms. The zero-order valence-electron chi connectivity index (χ0n) is 45.0. The number of ether oxygens (including phenoxy) is 6. The second-order valence-corrected chi connectivity index (χ2v) is 18.9. The first-order valence-electron chi connectivity index (χ1n) is 24.9. The molecule has 0 aliphatic carbocycles. The Morgan fingerprint density at radius 2 is 1.26 bits per heavy atom. The lowest BCUT2D eigenvalue weighted by atomic mass is 10.0. The number of carbonyl (C=O) groups is 1. The van der Waals surface area contributed by atoms with Crippen molar-refractivity contribution < 1.29 is 79.0 Å². The average molecular weight is 951 g/mol. The van der Waals surface area contributed by atoms with Gasteiger partial charge in [-0.15, -0.1) is 0 Å². The molecule has 0 saturated carbocycles. The van der Waals surface area contributed by atoms with E-state index < -0.39 is 12.2 Å². The minimum Gasteiger partial charge on any atom is -0.463 e. The number of carbonyl (C=O) groups excluding carboxylic acids is 1. The second kappa shape index (κ2) is 50.8. The van der Waals surface area contributed by atoms with Crippen molar-refractivity contribution in [2.45, 2.75) is 202 Å². The van der Waals surface area contributed by atoms with E-state index in [-0.39, 0.29) is 49.7 Å². The van der Waals surface area contributed by atoms with E-state index in [9.17, 15) is 15.0 Å². The van der Waals surface area contributed by atoms with E-state index in [4.69, 9.17) is 44.1 Å². The molecule has 65 heavy (non-hydrogen) atoms. The smallest absolute Gasteiger partial charge is 0.305 e. The number of rotatable bonds is 32. The molecule has 1 saturated heterocycles. The first kappa shape index (κ1) is 72.9. The SMILES string of the molecule is CC(O)C[N+](C)(C)CCCCCC[NH+](C)C.CC([NH3+])COCC(C)OCCOCC(C)CCC(C)O.CC1CO1.CCC(=O)OCC(O)CC.CCC(O)CO.CCC(O)COC(C)C. The van der Waals surface area contributed by atoms with E-state index >= 15 is 0 Å². The van der Waals surface area contributed by atoms with Crippen LogP contribution in [-0.2, 0) is 33.2 Å². The van der Waals surface area contributed by atoms with E-state index in [1.165, 1.54) is 38.8 Å². The Morgan fingerprint density at radius 1 is 0.723 bits per heavy atom. The standard InChI is InChI=1S/C15H33NO4.C13H31N2O.C7H14O3.C7H16O2.C4H10O2.C3H6O/c1-12(5-6-14(3)17)9-18-7-8-20-15(4)11-19-10-13(2)16;1-13(16)12-15(4,5)11-9-7-6-8-10-14(2)3;1-3-6(8)5-10-7(9)4-2;1-4-7(8)5-9-6(2)3;1-2-4(6)3-5;1-3-2-4-3/h12-15,17H,5-11,16H2,1-4H3;13,16H,6-12H2,1-5H3;6,8H,3-5H2,1-2H3;6-8H,4-5H2,1-3H3;4-6H,2-3H2,1H3;3H,2H2,1H3/q;+1;;;;/p+2. The molecule has 16 nitrogen and oxygen atoms in total. The van der Waals surface area contributed by atoms with Gasteiger partial charge in [0.2, 0.25) is 0 Å². The van der Waals surface area contributed by atoms with Crippen LogP contribution in [0.25, 0.3) is 0 Å². The lowest BCUT2D eigenvalue weighted by molar-refractivity contribution is -0.893. The van der Waals surface area contributed by atoms with E-state index in [1.807, 2.05) is 62.3 Å². The van der Waals surface area contributed by atoms with Gasteiger partial charge in [0.25, 0.3) is 0 Å². The van der Waals surface area contributed by atoms with Gasteiger partial charge in [-0.25, -0.2) is 0 Å². The van der Waals surface area contributed by atoms with Crippen LogP contribution in [0.15, 0.2) is 0 Å². The summed E-state index contributed by atoms with van der Waals surface area (Å²) in [4.78, 5) is 12.0. The highest BCUT2D eigenvalue weighted by molar-refractivity contribution is 5.68. The fourth-order valence-electron chi connectivity index (χ4n) is 4.92. The van der Waals surface area contributed by atoms with Gasteiger partial charge in [-0.2, -0.15) is 0 Å². The summed E-state index contributed by atoms with van der Waals surface area (Å²) in [6, 6.07) is 0.314. The highest BCUT2D eigenvalue weighted by atomic mass is 16.6. The predicted molar refractivity (Wildman–Crippen MR) is 263 cm³/mol. The molecule has 1 heterocycles. The van der Waals surface area contributed by atoms with Crippen LogP contribution in [0.2, 0.25) is 0 Å². The highest BCUT2D eigenvalue weighted by Gasteiger charge is 2.17. The van der Waals surface area contributed by atoms with E-state index in [1.54, 1.807) is 11.8 Å². The number of esters is 1. The van der Waals surface area contributed by atoms with Crippen molar-refractivity contribution in [1.29, 1.82) is 0 Å². The van der Waals surface area contributed by atoms with Gasteiger partial charge in [-0.3, -0.25) is 4.79 Å². The van der Waals surface area contributed by atoms with E-state index in [0.717, 1.165) is 43.5 Å². The third-order valence-electron chi connectivity index (χ3n) is 9.29. The Bertz CT molecular complexity index is 941. The summed E-state index contributed by atoms with van der Waals surface area (Å²) in [5.74, 6) is 0.219. The third kappa shape index (κ3) is 74.7. The van der Waals surface area contributed by atoms with Gasteiger partial charge in [0.15, 0.2) is 0 Å². The number of likely N-dealkylation sites (N-methyl/N-ethyl adjacent to an activating group) is 1. The second-order valence-electron chi connectivity index (χ2n) is 18.9. The van der Waals surface area contributed by atoms with Gasteiger partial charge in [0.05, 0.1) is 130 Å². The Kier molecular flexibility index (Phi) is 56.9. The molecule has 0 aromatic rings. The molecule has 0 aromatic carbocycles. The van der Waals surface area contributed by atoms with Crippen LogP contribution in [0, 0.1) is 5.92 Å². The van der Waals surface area contributed by atoms with Crippen molar-refractivity contribution in [3.05, 3.63) is 0 Å². The number of aliphatic hydroxyl groups excluding tert-OH is 6. The van der Waals surface area contributed by atoms with Gasteiger partial charge in [-0.1, -0.05) is 34.6 Å². The van der Waals surface area contributed by atoms with Crippen LogP contribution in [0.5, 0.6) is 0 Å². The summed E-state index contributed by atoms with van der Waals surface area (Å²) in [5.41, 5.74) is 3.86. The molecule has 0 bridgehead atoms. The normalized spacial score (nSPS) is 16.7. The molecule has 0 radical (unpaired) electrons. The van der Waals surface area contributed by atoms with Crippen molar-refractivity contribution in [3.8, 4) is 0 Å². The zero-order chi connectivity index (χ0) is 51.2. The third-order valence-corrected chi connectivity index (χ3v) is 9.29. The van der Waals surface area contributed by atoms with Crippen LogP contribution in [0.3, 0.4) is 0 Å². The highest BCUT2D eigenvalue weighted by Crippen LogP contribution is 2.09. The van der Waals surface area contributed by atoms with Gasteiger partial charge in [-0.05, 0) is 112 Å². The molecule has 10 N–H and O–H groups in total. The van der Waals surface area contributed by atoms with Crippen molar-refractivity contribution in [3.63, 3.8) is 0 Å². The maximum Gasteiger partial charge on any atom is 0.305 e. The summed E-state index contributed by atoms with van der Waals surface area (Å²) in [6.07, 6.45) is 8.71. The van der Waals surface area contributed by atoms with Crippen LogP contribution in [0.1, 0.15) is 147 Å². The molecular formula is C49H112N3O13+3. The molecule has 1 aliphatic heterocycles. The molecule has 0 aromatic heterocycles. The minimum atomic E-state index is -0.509. The zero-order valence-corrected chi connectivity index (χ0v) is 45.0. The van der Waals surface area contributed by atoms with E-state index in [0.29, 0.717) is 70.4 Å². The number of aliphatic hydroxyl groups is 6. The maximum atomic E-state index is 10.5. The first-order chi connectivity index (χ1) is 30.3. The van der Waals surface area contributed by atoms with Gasteiger partial charge in [0.1, 0.15) is 25.3 Å². The molecule has 16 heteroatoms. The van der Waals surface area contributed by atoms with Crippen LogP contribution < -0.4 is 10.6 Å². The maximum absolute atomic E-state index is 10.5.